The summed E-state index contributed by atoms with van der Waals surface area (Å²) >= 11 is 0. The van der Waals surface area contributed by atoms with Crippen LogP contribution >= 0.6 is 0 Å². The van der Waals surface area contributed by atoms with Crippen LogP contribution in [-0.2, 0) is 4.84 Å². The molecule has 0 aromatic carbocycles. The number of hydrogen-bond acceptors (Lipinski definition) is 5. The molecule has 0 heterocycles. The zero-order chi connectivity index (χ0) is 5.91. The van der Waals surface area contributed by atoms with E-state index in [1.165, 1.54) is 0 Å². The van der Waals surface area contributed by atoms with Crippen molar-refractivity contribution in [3.63, 3.8) is 0 Å². The van der Waals surface area contributed by atoms with Crippen molar-refractivity contribution in [1.82, 2.24) is 0 Å². The maximum atomic E-state index is 9.63. The van der Waals surface area contributed by atoms with Crippen molar-refractivity contribution in [1.29, 1.82) is 0 Å². The lowest BCUT2D eigenvalue weighted by Crippen LogP contribution is -2.29. The second kappa shape index (κ2) is 1.94. The van der Waals surface area contributed by atoms with E-state index in [1.54, 1.807) is 5.29 Å². The highest BCUT2D eigenvalue weighted by atomic mass is 17.2. The molecule has 0 spiro atoms. The third-order valence-corrected chi connectivity index (χ3v) is 0.341. The van der Waals surface area contributed by atoms with Crippen molar-refractivity contribution in [2.24, 2.45) is 5.29 Å². The summed E-state index contributed by atoms with van der Waals surface area (Å²) in [7, 11) is 0.856. The Balaban J connectivity index is 3.58. The Morgan fingerprint density at radius 3 is 2.43 bits per heavy atom. The van der Waals surface area contributed by atoms with Crippen LogP contribution in [0.15, 0.2) is 5.29 Å². The van der Waals surface area contributed by atoms with Gasteiger partial charge in [-0.3, -0.25) is 0 Å². The molecule has 0 amide bonds. The average molecular weight is 108 g/mol. The summed E-state index contributed by atoms with van der Waals surface area (Å²) in [5.41, 5.74) is 0. The predicted molar refractivity (Wildman–Crippen MR) is 18.2 cm³/mol. The summed E-state index contributed by atoms with van der Waals surface area (Å²) < 4.78 is 0. The Morgan fingerprint density at radius 2 is 2.43 bits per heavy atom. The summed E-state index contributed by atoms with van der Waals surface area (Å²) in [5.74, 6) is 0. The molecule has 1 atom stereocenters. The Hall–Kier alpha value is -0.560. The Labute approximate surface area is 38.9 Å². The first-order valence-corrected chi connectivity index (χ1v) is 1.36. The van der Waals surface area contributed by atoms with Gasteiger partial charge in [-0.2, -0.15) is 0 Å². The molecular weight excluding hydrogens is 104 g/mol. The van der Waals surface area contributed by atoms with Crippen LogP contribution in [0.25, 0.3) is 0 Å². The molecule has 1 N–H and O–H groups in total. The minimum Gasteiger partial charge on any atom is -0.533 e. The van der Waals surface area contributed by atoms with Gasteiger partial charge in [0.05, 0.1) is 5.08 Å². The SMILES string of the molecule is CO[N+]([O-])(O)N=O. The molecule has 7 heavy (non-hydrogen) atoms. The Bertz CT molecular complexity index is 70.1. The number of hydrogen-bond donors (Lipinski definition) is 1. The van der Waals surface area contributed by atoms with Crippen LogP contribution in [-0.4, -0.2) is 17.4 Å². The van der Waals surface area contributed by atoms with E-state index in [1.807, 2.05) is 0 Å². The van der Waals surface area contributed by atoms with E-state index in [-0.39, 0.29) is 0 Å². The molecule has 0 aliphatic rings. The fraction of sp³-hybridized carbons (Fsp3) is 1.00. The first kappa shape index (κ1) is 6.44. The lowest BCUT2D eigenvalue weighted by molar-refractivity contribution is -1.22. The minimum absolute atomic E-state index is 0.856. The monoisotopic (exact) mass is 108 g/mol. The van der Waals surface area contributed by atoms with Gasteiger partial charge in [0.25, 0.3) is 0 Å². The summed E-state index contributed by atoms with van der Waals surface area (Å²) in [6.07, 6.45) is 0. The number of rotatable bonds is 2. The molecule has 0 rings (SSSR count). The Morgan fingerprint density at radius 1 is 2.00 bits per heavy atom. The van der Waals surface area contributed by atoms with E-state index in [2.05, 4.69) is 4.84 Å². The summed E-state index contributed by atoms with van der Waals surface area (Å²) in [5, 5.41) is 16.5. The minimum atomic E-state index is -2.54. The molecule has 0 aromatic heterocycles. The molecule has 0 aliphatic heterocycles. The van der Waals surface area contributed by atoms with E-state index in [9.17, 15) is 5.21 Å². The van der Waals surface area contributed by atoms with Crippen LogP contribution in [0.4, 0.5) is 0 Å². The van der Waals surface area contributed by atoms with Crippen LogP contribution < -0.4 is 0 Å². The van der Waals surface area contributed by atoms with Gasteiger partial charge in [-0.1, -0.05) is 4.91 Å². The molecule has 0 bridgehead atoms. The van der Waals surface area contributed by atoms with Gasteiger partial charge < -0.3 is 5.21 Å². The fourth-order valence-electron chi connectivity index (χ4n) is 0.0333. The van der Waals surface area contributed by atoms with Crippen LogP contribution in [0.2, 0.25) is 0 Å². The highest BCUT2D eigenvalue weighted by Crippen LogP contribution is 1.95. The molecule has 42 valence electrons. The van der Waals surface area contributed by atoms with Crippen molar-refractivity contribution in [3.8, 4) is 0 Å². The smallest absolute Gasteiger partial charge is 0.229 e. The topological polar surface area (TPSA) is 81.9 Å². The molecule has 0 aromatic rings. The third kappa shape index (κ3) is 2.18. The fourth-order valence-corrected chi connectivity index (χ4v) is 0.0333. The van der Waals surface area contributed by atoms with E-state index in [0.717, 1.165) is 7.11 Å². The second-order valence-corrected chi connectivity index (χ2v) is 0.755. The van der Waals surface area contributed by atoms with E-state index in [4.69, 9.17) is 10.1 Å². The summed E-state index contributed by atoms with van der Waals surface area (Å²) in [6, 6.07) is 0. The number of quaternary nitrogens is 1. The quantitative estimate of drug-likeness (QED) is 0.305. The van der Waals surface area contributed by atoms with E-state index >= 15 is 0 Å². The second-order valence-electron chi connectivity index (χ2n) is 0.755. The zero-order valence-electron chi connectivity index (χ0n) is 3.57. The first-order valence-electron chi connectivity index (χ1n) is 1.36. The molecule has 0 radical (unpaired) electrons. The normalized spacial score (nSPS) is 18.1. The standard InChI is InChI=1S/CH4N2O4/c1-7-3(5,6)2-4/h5H,1H3. The van der Waals surface area contributed by atoms with Gasteiger partial charge in [-0.15, -0.1) is 10.0 Å². The van der Waals surface area contributed by atoms with Crippen LogP contribution in [0.3, 0.4) is 0 Å². The van der Waals surface area contributed by atoms with Gasteiger partial charge in [-0.25, -0.2) is 0 Å². The highest BCUT2D eigenvalue weighted by molar-refractivity contribution is 3.99. The number of nitrogens with zero attached hydrogens (tertiary/aromatic N) is 2. The van der Waals surface area contributed by atoms with Crippen molar-refractivity contribution in [2.45, 2.75) is 0 Å². The van der Waals surface area contributed by atoms with Crippen molar-refractivity contribution in [2.75, 3.05) is 7.11 Å². The van der Waals surface area contributed by atoms with Gasteiger partial charge in [0.1, 0.15) is 7.11 Å². The molecule has 0 saturated heterocycles. The lowest BCUT2D eigenvalue weighted by Gasteiger charge is -2.14. The maximum Gasteiger partial charge on any atom is 0.229 e. The molecule has 0 aliphatic carbocycles. The first-order chi connectivity index (χ1) is 3.12. The van der Waals surface area contributed by atoms with Gasteiger partial charge >= 0.3 is 0 Å². The van der Waals surface area contributed by atoms with Gasteiger partial charge in [0.2, 0.25) is 5.29 Å². The third-order valence-electron chi connectivity index (χ3n) is 0.341. The molecule has 6 nitrogen and oxygen atoms in total. The van der Waals surface area contributed by atoms with Crippen molar-refractivity contribution >= 4 is 0 Å². The van der Waals surface area contributed by atoms with Crippen LogP contribution in [0.5, 0.6) is 0 Å². The molecule has 6 heteroatoms. The van der Waals surface area contributed by atoms with Gasteiger partial charge in [0, 0.05) is 0 Å². The average Bonchev–Trinajstić information content (AvgIpc) is 1.68. The summed E-state index contributed by atoms with van der Waals surface area (Å²) in [4.78, 5) is 12.6. The number of nitroso groups, excluding NO2 is 1. The Kier molecular flexibility index (Phi) is 1.78. The molecule has 1 unspecified atom stereocenters. The van der Waals surface area contributed by atoms with Gasteiger partial charge in [-0.05, 0) is 0 Å². The molecular formula is CH4N2O4. The van der Waals surface area contributed by atoms with Crippen molar-refractivity contribution < 1.29 is 15.1 Å². The largest absolute Gasteiger partial charge is 0.533 e. The zero-order valence-corrected chi connectivity index (χ0v) is 3.57. The van der Waals surface area contributed by atoms with Crippen molar-refractivity contribution in [3.05, 3.63) is 10.1 Å². The summed E-state index contributed by atoms with van der Waals surface area (Å²) in [6.45, 7) is 0. The van der Waals surface area contributed by atoms with E-state index < -0.39 is 5.08 Å². The van der Waals surface area contributed by atoms with Crippen LogP contribution in [0, 0.1) is 10.1 Å². The van der Waals surface area contributed by atoms with E-state index in [0.29, 0.717) is 0 Å². The predicted octanol–water partition coefficient (Wildman–Crippen LogP) is -0.0670. The lowest BCUT2D eigenvalue weighted by atomic mass is 11.7. The molecule has 0 fully saturated rings. The van der Waals surface area contributed by atoms with Crippen LogP contribution in [0.1, 0.15) is 0 Å². The maximum absolute atomic E-state index is 9.63. The highest BCUT2D eigenvalue weighted by Gasteiger charge is 2.10. The molecule has 0 saturated carbocycles. The van der Waals surface area contributed by atoms with Gasteiger partial charge in [0.15, 0.2) is 0 Å².